The molecule has 17 heavy (non-hydrogen) atoms. The highest BCUT2D eigenvalue weighted by Crippen LogP contribution is 2.10. The van der Waals surface area contributed by atoms with Crippen LogP contribution in [0, 0.1) is 0 Å². The van der Waals surface area contributed by atoms with Crippen molar-refractivity contribution < 1.29 is 14.3 Å². The molecule has 0 rings (SSSR count). The number of rotatable bonds is 9. The van der Waals surface area contributed by atoms with Crippen LogP contribution >= 0.6 is 0 Å². The summed E-state index contributed by atoms with van der Waals surface area (Å²) in [5.41, 5.74) is 1.15. The van der Waals surface area contributed by atoms with E-state index in [4.69, 9.17) is 9.47 Å². The van der Waals surface area contributed by atoms with Crippen molar-refractivity contribution in [1.29, 1.82) is 0 Å². The molecule has 0 aliphatic heterocycles. The Hall–Kier alpha value is -1.35. The van der Waals surface area contributed by atoms with Gasteiger partial charge in [-0.2, -0.15) is 0 Å². The van der Waals surface area contributed by atoms with Gasteiger partial charge in [0.05, 0.1) is 18.8 Å². The van der Waals surface area contributed by atoms with Gasteiger partial charge < -0.3 is 9.47 Å². The molecule has 0 aromatic heterocycles. The predicted octanol–water partition coefficient (Wildman–Crippen LogP) is 3.03. The molecule has 0 radical (unpaired) electrons. The molecule has 0 aliphatic carbocycles. The first-order valence-corrected chi connectivity index (χ1v) is 5.94. The normalized spacial score (nSPS) is 9.53. The molecule has 0 N–H and O–H groups in total. The highest BCUT2D eigenvalue weighted by Gasteiger charge is 2.14. The predicted molar refractivity (Wildman–Crippen MR) is 69.8 cm³/mol. The molecular weight excluding hydrogens is 216 g/mol. The van der Waals surface area contributed by atoms with Crippen molar-refractivity contribution in [1.82, 2.24) is 0 Å². The molecule has 3 heteroatoms. The van der Waals surface area contributed by atoms with Crippen LogP contribution in [-0.4, -0.2) is 25.8 Å². The number of hydrogen-bond acceptors (Lipinski definition) is 3. The van der Waals surface area contributed by atoms with E-state index in [-0.39, 0.29) is 12.6 Å². The van der Waals surface area contributed by atoms with Crippen molar-refractivity contribution in [2.45, 2.75) is 26.7 Å². The lowest BCUT2D eigenvalue weighted by Crippen LogP contribution is -2.15. The molecule has 0 aromatic carbocycles. The third-order valence-electron chi connectivity index (χ3n) is 2.22. The molecule has 96 valence electrons. The summed E-state index contributed by atoms with van der Waals surface area (Å²) < 4.78 is 10.4. The van der Waals surface area contributed by atoms with E-state index < -0.39 is 0 Å². The fraction of sp³-hybridized carbons (Fsp3) is 0.500. The van der Waals surface area contributed by atoms with Crippen molar-refractivity contribution in [2.75, 3.05) is 19.8 Å². The van der Waals surface area contributed by atoms with Crippen LogP contribution in [0.25, 0.3) is 0 Å². The molecule has 3 nitrogen and oxygen atoms in total. The van der Waals surface area contributed by atoms with Crippen molar-refractivity contribution in [3.05, 3.63) is 36.5 Å². The van der Waals surface area contributed by atoms with Crippen LogP contribution in [0.5, 0.6) is 0 Å². The Morgan fingerprint density at radius 1 is 1.24 bits per heavy atom. The zero-order chi connectivity index (χ0) is 13.1. The van der Waals surface area contributed by atoms with E-state index in [1.807, 2.05) is 13.8 Å². The first kappa shape index (κ1) is 15.7. The van der Waals surface area contributed by atoms with E-state index in [9.17, 15) is 4.79 Å². The molecule has 0 heterocycles. The van der Waals surface area contributed by atoms with E-state index in [1.54, 1.807) is 12.2 Å². The van der Waals surface area contributed by atoms with Gasteiger partial charge in [0.2, 0.25) is 0 Å². The number of hydrogen-bond donors (Lipinski definition) is 0. The second-order valence-corrected chi connectivity index (χ2v) is 3.47. The van der Waals surface area contributed by atoms with Crippen molar-refractivity contribution >= 4 is 5.97 Å². The highest BCUT2D eigenvalue weighted by atomic mass is 16.5. The number of esters is 1. The Kier molecular flexibility index (Phi) is 9.06. The maximum atomic E-state index is 11.8. The smallest absolute Gasteiger partial charge is 0.336 e. The molecule has 0 amide bonds. The van der Waals surface area contributed by atoms with E-state index in [1.165, 1.54) is 0 Å². The summed E-state index contributed by atoms with van der Waals surface area (Å²) in [5, 5.41) is 0. The van der Waals surface area contributed by atoms with Crippen LogP contribution < -0.4 is 0 Å². The minimum absolute atomic E-state index is 0.231. The Balaban J connectivity index is 4.66. The molecular formula is C14H22O3. The van der Waals surface area contributed by atoms with Gasteiger partial charge in [0.1, 0.15) is 0 Å². The number of carbonyl (C=O) groups excluding carboxylic acids is 1. The van der Waals surface area contributed by atoms with Crippen LogP contribution in [0.3, 0.4) is 0 Å². The summed E-state index contributed by atoms with van der Waals surface area (Å²) >= 11 is 0. The molecule has 0 saturated heterocycles. The molecule has 0 aromatic rings. The maximum absolute atomic E-state index is 11.8. The molecule has 0 spiro atoms. The molecule has 0 atom stereocenters. The molecule has 0 saturated carbocycles. The lowest BCUT2D eigenvalue weighted by atomic mass is 10.1. The number of allylic oxidation sites excluding steroid dienone is 3. The second kappa shape index (κ2) is 9.85. The number of carbonyl (C=O) groups is 1. The van der Waals surface area contributed by atoms with Gasteiger partial charge in [-0.15, -0.1) is 0 Å². The van der Waals surface area contributed by atoms with Gasteiger partial charge in [-0.1, -0.05) is 38.7 Å². The first-order chi connectivity index (χ1) is 8.21. The second-order valence-electron chi connectivity index (χ2n) is 3.47. The van der Waals surface area contributed by atoms with Gasteiger partial charge in [-0.05, 0) is 18.9 Å². The van der Waals surface area contributed by atoms with Gasteiger partial charge in [0.15, 0.2) is 0 Å². The van der Waals surface area contributed by atoms with Crippen molar-refractivity contribution in [2.24, 2.45) is 0 Å². The summed E-state index contributed by atoms with van der Waals surface area (Å²) in [6.45, 7) is 12.4. The van der Waals surface area contributed by atoms with Crippen molar-refractivity contribution in [3.8, 4) is 0 Å². The topological polar surface area (TPSA) is 35.5 Å². The van der Waals surface area contributed by atoms with Gasteiger partial charge in [-0.3, -0.25) is 0 Å². The highest BCUT2D eigenvalue weighted by molar-refractivity contribution is 5.90. The van der Waals surface area contributed by atoms with E-state index in [0.29, 0.717) is 24.4 Å². The van der Waals surface area contributed by atoms with Gasteiger partial charge in [0.25, 0.3) is 0 Å². The minimum Gasteiger partial charge on any atom is -0.462 e. The Morgan fingerprint density at radius 2 is 1.88 bits per heavy atom. The fourth-order valence-corrected chi connectivity index (χ4v) is 1.19. The maximum Gasteiger partial charge on any atom is 0.336 e. The van der Waals surface area contributed by atoms with Crippen LogP contribution in [0.1, 0.15) is 26.7 Å². The third-order valence-corrected chi connectivity index (χ3v) is 2.22. The Bertz CT molecular complexity index is 280. The SMILES string of the molecule is C=CC(C=C)=C(COCC)C(=O)OCCCC. The zero-order valence-electron chi connectivity index (χ0n) is 10.8. The standard InChI is InChI=1S/C14H22O3/c1-5-9-10-17-14(15)13(11-16-8-4)12(6-2)7-3/h6-7H,2-3,5,8-11H2,1,4H3. The Morgan fingerprint density at radius 3 is 2.35 bits per heavy atom. The number of ether oxygens (including phenoxy) is 2. The van der Waals surface area contributed by atoms with Crippen LogP contribution in [0.2, 0.25) is 0 Å². The lowest BCUT2D eigenvalue weighted by Gasteiger charge is -2.10. The van der Waals surface area contributed by atoms with E-state index >= 15 is 0 Å². The minimum atomic E-state index is -0.346. The summed E-state index contributed by atoms with van der Waals surface area (Å²) in [6.07, 6.45) is 5.03. The van der Waals surface area contributed by atoms with Crippen LogP contribution in [0.15, 0.2) is 36.5 Å². The summed E-state index contributed by atoms with van der Waals surface area (Å²) in [7, 11) is 0. The summed E-state index contributed by atoms with van der Waals surface area (Å²) in [6, 6.07) is 0. The van der Waals surface area contributed by atoms with Gasteiger partial charge >= 0.3 is 5.97 Å². The molecule has 0 unspecified atom stereocenters. The van der Waals surface area contributed by atoms with E-state index in [0.717, 1.165) is 12.8 Å². The average molecular weight is 238 g/mol. The first-order valence-electron chi connectivity index (χ1n) is 5.94. The third kappa shape index (κ3) is 6.07. The Labute approximate surface area is 104 Å². The molecule has 0 aliphatic rings. The number of unbranched alkanes of at least 4 members (excludes halogenated alkanes) is 1. The lowest BCUT2D eigenvalue weighted by molar-refractivity contribution is -0.139. The largest absolute Gasteiger partial charge is 0.462 e. The van der Waals surface area contributed by atoms with E-state index in [2.05, 4.69) is 13.2 Å². The van der Waals surface area contributed by atoms with Crippen LogP contribution in [0.4, 0.5) is 0 Å². The van der Waals surface area contributed by atoms with Gasteiger partial charge in [0, 0.05) is 6.61 Å². The monoisotopic (exact) mass is 238 g/mol. The van der Waals surface area contributed by atoms with Crippen molar-refractivity contribution in [3.63, 3.8) is 0 Å². The van der Waals surface area contributed by atoms with Gasteiger partial charge in [-0.25, -0.2) is 4.79 Å². The van der Waals surface area contributed by atoms with Crippen LogP contribution in [-0.2, 0) is 14.3 Å². The fourth-order valence-electron chi connectivity index (χ4n) is 1.19. The summed E-state index contributed by atoms with van der Waals surface area (Å²) in [4.78, 5) is 11.8. The molecule has 0 bridgehead atoms. The molecule has 0 fully saturated rings. The zero-order valence-corrected chi connectivity index (χ0v) is 10.8. The summed E-state index contributed by atoms with van der Waals surface area (Å²) in [5.74, 6) is -0.346. The quantitative estimate of drug-likeness (QED) is 0.268. The average Bonchev–Trinajstić information content (AvgIpc) is 2.34.